The third-order valence-electron chi connectivity index (χ3n) is 2.65. The Morgan fingerprint density at radius 2 is 0.864 bits per heavy atom. The van der Waals surface area contributed by atoms with Crippen molar-refractivity contribution in [2.75, 3.05) is 74.7 Å². The summed E-state index contributed by atoms with van der Waals surface area (Å²) >= 11 is 8.52. The van der Waals surface area contributed by atoms with Gasteiger partial charge in [-0.2, -0.15) is 22.5 Å². The predicted octanol–water partition coefficient (Wildman–Crippen LogP) is 23.8. The number of methoxy groups -OCH3 is 3. The minimum Gasteiger partial charge on any atom is -0.385 e. The fourth-order valence-corrected chi connectivity index (χ4v) is 0.915. The van der Waals surface area contributed by atoms with Crippen LogP contribution in [0.4, 0.5) is 53.0 Å². The van der Waals surface area contributed by atoms with Crippen molar-refractivity contribution >= 4 is 23.2 Å². The molecule has 0 bridgehead atoms. The van der Waals surface area contributed by atoms with Crippen molar-refractivity contribution in [2.24, 2.45) is 0 Å². The van der Waals surface area contributed by atoms with E-state index in [1.807, 2.05) is 13.0 Å². The summed E-state index contributed by atoms with van der Waals surface area (Å²) in [6.45, 7) is 7.91. The van der Waals surface area contributed by atoms with Crippen LogP contribution < -0.4 is 0 Å². The van der Waals surface area contributed by atoms with Gasteiger partial charge in [-0.05, 0) is 42.3 Å². The van der Waals surface area contributed by atoms with E-state index in [2.05, 4.69) is 79.5 Å². The summed E-state index contributed by atoms with van der Waals surface area (Å²) in [7, 11) is 4.72. The van der Waals surface area contributed by atoms with Crippen LogP contribution >= 0.6 is 23.2 Å². The summed E-state index contributed by atoms with van der Waals surface area (Å²) in [5, 5.41) is -8.05. The number of hydrogen-bond acceptors (Lipinski definition) is 5. The van der Waals surface area contributed by atoms with E-state index in [-0.39, 0.29) is 194 Å². The van der Waals surface area contributed by atoms with E-state index in [4.69, 9.17) is 0 Å². The van der Waals surface area contributed by atoms with Crippen molar-refractivity contribution < 1.29 is 96.5 Å². The molecule has 0 heterocycles. The Morgan fingerprint density at radius 3 is 0.939 bits per heavy atom. The van der Waals surface area contributed by atoms with Crippen LogP contribution in [0.2, 0.25) is 0 Å². The van der Waals surface area contributed by atoms with Crippen molar-refractivity contribution in [3.05, 3.63) is 49.8 Å². The number of hydrogen-bond donors (Lipinski definition) is 0. The maximum atomic E-state index is 12.1. The fraction of sp³-hybridized carbons (Fsp3) is 0.826. The van der Waals surface area contributed by atoms with Gasteiger partial charge in [-0.3, -0.25) is 9.33 Å². The summed E-state index contributed by atoms with van der Waals surface area (Å²) in [6.07, 6.45) is 7.55. The first kappa shape index (κ1) is 205. The second-order valence-corrected chi connectivity index (χ2v) is 7.27. The molecular weight excluding hydrogens is 997 g/mol. The first-order chi connectivity index (χ1) is 21.1. The Kier molecular flexibility index (Phi) is 646. The summed E-state index contributed by atoms with van der Waals surface area (Å²) in [5.41, 5.74) is 0. The molecule has 1 unspecified atom stereocenters. The second kappa shape index (κ2) is 207. The first-order valence-electron chi connectivity index (χ1n) is 12.2. The smallest absolute Gasteiger partial charge is 0.371 e. The fourth-order valence-electron chi connectivity index (χ4n) is 0.819. The van der Waals surface area contributed by atoms with E-state index < -0.39 is 36.8 Å². The van der Waals surface area contributed by atoms with Crippen molar-refractivity contribution in [3.8, 4) is 0 Å². The number of halogens is 14. The molecule has 0 N–H and O–H groups in total. The molecule has 0 radical (unpaired) electrons. The second-order valence-electron chi connectivity index (χ2n) is 6.19. The largest absolute Gasteiger partial charge is 0.385 e. The van der Waals surface area contributed by atoms with Gasteiger partial charge in [0.2, 0.25) is 13.2 Å². The van der Waals surface area contributed by atoms with Crippen molar-refractivity contribution in [3.63, 3.8) is 0 Å². The van der Waals surface area contributed by atoms with Crippen molar-refractivity contribution in [1.82, 2.24) is 0 Å². The van der Waals surface area contributed by atoms with E-state index in [0.717, 1.165) is 19.4 Å². The van der Waals surface area contributed by atoms with Gasteiger partial charge in [0.25, 0.3) is 5.13 Å². The Labute approximate surface area is 434 Å². The minimum atomic E-state index is -4.35. The maximum absolute atomic E-state index is 12.1. The molecule has 440 valence electrons. The van der Waals surface area contributed by atoms with Crippen LogP contribution in [-0.2, 0) is 43.6 Å². The molecule has 0 aliphatic carbocycles. The zero-order chi connectivity index (χ0) is 37.4. The van der Waals surface area contributed by atoms with Gasteiger partial charge in [-0.1, -0.05) is 191 Å². The Hall–Kier alpha value is -1.04. The molecule has 0 aromatic rings. The van der Waals surface area contributed by atoms with E-state index in [1.165, 1.54) is 13.2 Å². The molecule has 0 aromatic carbocycles. The van der Waals surface area contributed by atoms with Gasteiger partial charge < -0.3 is 14.2 Å². The molecule has 1 atom stereocenters. The van der Waals surface area contributed by atoms with Gasteiger partial charge in [-0.25, -0.2) is 22.0 Å². The van der Waals surface area contributed by atoms with Gasteiger partial charge in [-0.15, -0.1) is 13.2 Å². The predicted molar refractivity (Wildman–Crippen MR) is 290 cm³/mol. The molecule has 0 fully saturated rings. The molecule has 0 aromatic heterocycles. The number of rotatable bonds is 14. The molecule has 0 spiro atoms. The minimum absolute atomic E-state index is 0. The molecule has 5 nitrogen and oxygen atoms in total. The molecule has 0 aliphatic heterocycles. The van der Waals surface area contributed by atoms with E-state index in [9.17, 15) is 53.0 Å². The summed E-state index contributed by atoms with van der Waals surface area (Å²) in [5.74, 6) is 0. The SMILES string of the molecule is C.C.C.C.C.C.C.C.C.C.C.C.C.C.C.C.C.C.C.C.C=CCC=CCC.C=CCF.CCOC.COCCCF.COCCF.FCF.FOC=C(F)F.FOCC(F)(Cl)C(F)(F)Cl.[Zn]. The first-order valence-corrected chi connectivity index (χ1v) is 12.9. The number of ether oxygens (including phenoxy) is 3. The van der Waals surface area contributed by atoms with Gasteiger partial charge >= 0.3 is 11.5 Å². The van der Waals surface area contributed by atoms with Gasteiger partial charge in [0.05, 0.1) is 13.3 Å². The van der Waals surface area contributed by atoms with Crippen molar-refractivity contribution in [1.29, 1.82) is 0 Å². The molecule has 66 heavy (non-hydrogen) atoms. The monoisotopic (exact) mass is 1120 g/mol. The average molecular weight is 1120 g/mol. The summed E-state index contributed by atoms with van der Waals surface area (Å²) < 4.78 is 143. The molecular formula is C46H126Cl2F12O5Zn. The Balaban J connectivity index is -0.00000000854. The van der Waals surface area contributed by atoms with Crippen LogP contribution in [0, 0.1) is 0 Å². The summed E-state index contributed by atoms with van der Waals surface area (Å²) in [6, 6.07) is 0. The van der Waals surface area contributed by atoms with Crippen LogP contribution in [0.1, 0.15) is 182 Å². The van der Waals surface area contributed by atoms with E-state index >= 15 is 0 Å². The normalized spacial score (nSPS) is 7.08. The van der Waals surface area contributed by atoms with Crippen LogP contribution in [0.25, 0.3) is 0 Å². The molecule has 0 saturated heterocycles. The third-order valence-corrected chi connectivity index (χ3v) is 3.39. The zero-order valence-corrected chi connectivity index (χ0v) is 31.1. The quantitative estimate of drug-likeness (QED) is 0.0433. The Morgan fingerprint density at radius 1 is 0.561 bits per heavy atom. The molecule has 0 rings (SSSR count). The van der Waals surface area contributed by atoms with Crippen molar-refractivity contribution in [2.45, 2.75) is 192 Å². The van der Waals surface area contributed by atoms with E-state index in [1.54, 1.807) is 14.2 Å². The van der Waals surface area contributed by atoms with E-state index in [0.29, 0.717) is 13.0 Å². The van der Waals surface area contributed by atoms with Crippen LogP contribution in [0.5, 0.6) is 0 Å². The van der Waals surface area contributed by atoms with Crippen LogP contribution in [0.15, 0.2) is 49.8 Å². The topological polar surface area (TPSA) is 46.2 Å². The zero-order valence-electron chi connectivity index (χ0n) is 26.6. The summed E-state index contributed by atoms with van der Waals surface area (Å²) in [4.78, 5) is 4.95. The van der Waals surface area contributed by atoms with Crippen LogP contribution in [0.3, 0.4) is 0 Å². The number of alkyl halides is 10. The maximum Gasteiger partial charge on any atom is 0.371 e. The van der Waals surface area contributed by atoms with Crippen LogP contribution in [-0.4, -0.2) is 85.2 Å². The average Bonchev–Trinajstić information content (AvgIpc) is 2.98. The molecule has 0 amide bonds. The van der Waals surface area contributed by atoms with Gasteiger partial charge in [0, 0.05) is 58.5 Å². The Bertz CT molecular complexity index is 571. The third kappa shape index (κ3) is 359. The standard InChI is InChI=1S/C7H12.C4H9FO.C3H2Cl2F4O.C3H7FO.C3H5F.C3H8O.C2HF3O.CH2F2.20CH4.Zn/c1-3-5-7-6-4-2;1-6-4-2-3-5;4-2(6,1-10-9)3(5,7)8;1-5-3-2-4;1-2-3-4;1-3-4-2;3-2(4)1-6-5;2-1-3;;;;;;;;;;;;;;;;;;;;;/h3,6-7H,1,4-5H2,2H3;2-4H2,1H3;1H2;2-3H2,1H3;2H,1,3H2;3H2,1-2H3;1H;1H2;20*1H4;. The number of allylic oxidation sites excluding steroid dienone is 4. The molecule has 0 aliphatic rings. The van der Waals surface area contributed by atoms with Gasteiger partial charge in [0.15, 0.2) is 0 Å². The molecule has 0 saturated carbocycles. The molecule has 20 heteroatoms. The van der Waals surface area contributed by atoms with Gasteiger partial charge in [0.1, 0.15) is 20.0 Å².